The Morgan fingerprint density at radius 3 is 2.39 bits per heavy atom. The number of aryl methyl sites for hydroxylation is 1. The van der Waals surface area contributed by atoms with E-state index in [1.807, 2.05) is 44.2 Å². The lowest BCUT2D eigenvalue weighted by molar-refractivity contribution is 0.102. The third kappa shape index (κ3) is 4.86. The molecular formula is C27H29N5O4. The van der Waals surface area contributed by atoms with Gasteiger partial charge in [0, 0.05) is 29.9 Å². The number of carbonyl (C=O) groups excluding carboxylic acids is 2. The van der Waals surface area contributed by atoms with Crippen LogP contribution in [-0.2, 0) is 6.42 Å². The highest BCUT2D eigenvalue weighted by atomic mass is 16.5. The number of benzene rings is 2. The van der Waals surface area contributed by atoms with Gasteiger partial charge in [0.1, 0.15) is 0 Å². The highest BCUT2D eigenvalue weighted by molar-refractivity contribution is 6.15. The number of hydrogen-bond donors (Lipinski definition) is 2. The molecule has 4 rings (SSSR count). The maximum absolute atomic E-state index is 12.8. The molecule has 0 saturated carbocycles. The number of pyridine rings is 1. The van der Waals surface area contributed by atoms with Crippen LogP contribution in [0.1, 0.15) is 39.7 Å². The molecule has 1 aliphatic rings. The SMILES string of the molecule is CNC(=O)N1N=C(c2ccc(C(=O)Nc3cccnc3C)cc2)c2cc(OC)c(OC)cc2C[C@H]1C. The van der Waals surface area contributed by atoms with E-state index in [0.717, 1.165) is 22.4 Å². The number of ether oxygens (including phenoxy) is 2. The fourth-order valence-corrected chi connectivity index (χ4v) is 4.14. The number of aromatic nitrogens is 1. The molecule has 0 radical (unpaired) electrons. The second-order valence-electron chi connectivity index (χ2n) is 8.43. The van der Waals surface area contributed by atoms with Gasteiger partial charge in [-0.05, 0) is 62.2 Å². The largest absolute Gasteiger partial charge is 0.493 e. The molecule has 3 amide bonds. The molecule has 0 saturated heterocycles. The molecule has 2 heterocycles. The molecule has 0 fully saturated rings. The fourth-order valence-electron chi connectivity index (χ4n) is 4.14. The Bertz CT molecular complexity index is 1320. The van der Waals surface area contributed by atoms with Gasteiger partial charge in [0.15, 0.2) is 11.5 Å². The smallest absolute Gasteiger partial charge is 0.337 e. The van der Waals surface area contributed by atoms with Gasteiger partial charge in [-0.15, -0.1) is 0 Å². The minimum Gasteiger partial charge on any atom is -0.493 e. The summed E-state index contributed by atoms with van der Waals surface area (Å²) in [4.78, 5) is 29.7. The first-order valence-electron chi connectivity index (χ1n) is 11.5. The lowest BCUT2D eigenvalue weighted by atomic mass is 9.93. The van der Waals surface area contributed by atoms with Crippen LogP contribution in [-0.4, -0.2) is 55.0 Å². The van der Waals surface area contributed by atoms with Gasteiger partial charge in [-0.25, -0.2) is 9.80 Å². The Morgan fingerprint density at radius 2 is 1.75 bits per heavy atom. The van der Waals surface area contributed by atoms with E-state index in [4.69, 9.17) is 14.6 Å². The number of nitrogens with one attached hydrogen (secondary N) is 2. The molecule has 3 aromatic rings. The van der Waals surface area contributed by atoms with Crippen LogP contribution in [0.15, 0.2) is 59.8 Å². The van der Waals surface area contributed by atoms with Gasteiger partial charge in [-0.2, -0.15) is 5.10 Å². The number of amides is 3. The average molecular weight is 488 g/mol. The summed E-state index contributed by atoms with van der Waals surface area (Å²) in [5.74, 6) is 0.926. The van der Waals surface area contributed by atoms with Gasteiger partial charge >= 0.3 is 6.03 Å². The first-order chi connectivity index (χ1) is 17.4. The summed E-state index contributed by atoms with van der Waals surface area (Å²) in [6.45, 7) is 3.78. The van der Waals surface area contributed by atoms with Crippen LogP contribution in [0, 0.1) is 6.92 Å². The normalized spacial score (nSPS) is 14.8. The van der Waals surface area contributed by atoms with Crippen LogP contribution in [0.25, 0.3) is 0 Å². The molecule has 0 aliphatic carbocycles. The first kappa shape index (κ1) is 24.7. The minimum atomic E-state index is -0.311. The molecule has 186 valence electrons. The van der Waals surface area contributed by atoms with Gasteiger partial charge < -0.3 is 20.1 Å². The highest BCUT2D eigenvalue weighted by Gasteiger charge is 2.28. The Balaban J connectivity index is 1.75. The number of urea groups is 1. The Labute approximate surface area is 210 Å². The minimum absolute atomic E-state index is 0.202. The standard InChI is InChI=1S/C27H29N5O4/c1-16-13-20-14-23(35-4)24(36-5)15-21(20)25(31-32(16)27(34)28-3)18-8-10-19(11-9-18)26(33)30-22-7-6-12-29-17(22)2/h6-12,14-16H,13H2,1-5H3,(H,28,34)(H,30,33)/t16-/m1/s1. The predicted molar refractivity (Wildman–Crippen MR) is 138 cm³/mol. The third-order valence-corrected chi connectivity index (χ3v) is 6.10. The number of nitrogens with zero attached hydrogens (tertiary/aromatic N) is 3. The van der Waals surface area contributed by atoms with Crippen molar-refractivity contribution in [1.82, 2.24) is 15.3 Å². The highest BCUT2D eigenvalue weighted by Crippen LogP contribution is 2.34. The third-order valence-electron chi connectivity index (χ3n) is 6.10. The zero-order valence-electron chi connectivity index (χ0n) is 21.0. The van der Waals surface area contributed by atoms with Crippen LogP contribution < -0.4 is 20.1 Å². The summed E-state index contributed by atoms with van der Waals surface area (Å²) in [6.07, 6.45) is 2.25. The zero-order valence-corrected chi connectivity index (χ0v) is 21.0. The molecule has 0 spiro atoms. The van der Waals surface area contributed by atoms with Crippen molar-refractivity contribution in [2.45, 2.75) is 26.3 Å². The van der Waals surface area contributed by atoms with E-state index in [1.54, 1.807) is 45.7 Å². The Hall–Kier alpha value is -4.40. The number of rotatable bonds is 5. The molecule has 2 aromatic carbocycles. The molecule has 36 heavy (non-hydrogen) atoms. The lowest BCUT2D eigenvalue weighted by Gasteiger charge is -2.22. The van der Waals surface area contributed by atoms with Gasteiger partial charge in [0.2, 0.25) is 0 Å². The van der Waals surface area contributed by atoms with E-state index in [9.17, 15) is 9.59 Å². The van der Waals surface area contributed by atoms with Crippen LogP contribution >= 0.6 is 0 Å². The summed E-state index contributed by atoms with van der Waals surface area (Å²) in [6, 6.07) is 14.0. The molecule has 1 atom stereocenters. The number of methoxy groups -OCH3 is 2. The Kier molecular flexibility index (Phi) is 7.19. The number of anilines is 1. The quantitative estimate of drug-likeness (QED) is 0.566. The maximum atomic E-state index is 12.8. The van der Waals surface area contributed by atoms with E-state index < -0.39 is 0 Å². The molecule has 9 nitrogen and oxygen atoms in total. The molecule has 2 N–H and O–H groups in total. The number of carbonyl (C=O) groups is 2. The summed E-state index contributed by atoms with van der Waals surface area (Å²) in [7, 11) is 4.74. The van der Waals surface area contributed by atoms with Crippen LogP contribution in [0.2, 0.25) is 0 Å². The second-order valence-corrected chi connectivity index (χ2v) is 8.43. The van der Waals surface area contributed by atoms with Crippen LogP contribution in [0.5, 0.6) is 11.5 Å². The van der Waals surface area contributed by atoms with Crippen molar-refractivity contribution in [2.24, 2.45) is 5.10 Å². The van der Waals surface area contributed by atoms with Crippen LogP contribution in [0.4, 0.5) is 10.5 Å². The molecule has 1 aliphatic heterocycles. The predicted octanol–water partition coefficient (Wildman–Crippen LogP) is 4.00. The summed E-state index contributed by atoms with van der Waals surface area (Å²) < 4.78 is 11.0. The van der Waals surface area contributed by atoms with Crippen molar-refractivity contribution in [1.29, 1.82) is 0 Å². The Morgan fingerprint density at radius 1 is 1.06 bits per heavy atom. The van der Waals surface area contributed by atoms with E-state index in [-0.39, 0.29) is 18.0 Å². The fraction of sp³-hybridized carbons (Fsp3) is 0.259. The van der Waals surface area contributed by atoms with E-state index >= 15 is 0 Å². The summed E-state index contributed by atoms with van der Waals surface area (Å²) >= 11 is 0. The van der Waals surface area contributed by atoms with E-state index in [1.165, 1.54) is 5.01 Å². The molecule has 0 bridgehead atoms. The molecule has 9 heteroatoms. The number of hydrazone groups is 1. The van der Waals surface area contributed by atoms with Crippen LogP contribution in [0.3, 0.4) is 0 Å². The zero-order chi connectivity index (χ0) is 25.8. The van der Waals surface area contributed by atoms with Crippen molar-refractivity contribution in [3.8, 4) is 11.5 Å². The van der Waals surface area contributed by atoms with Gasteiger partial charge in [-0.1, -0.05) is 12.1 Å². The molecule has 0 unspecified atom stereocenters. The van der Waals surface area contributed by atoms with Crippen molar-refractivity contribution in [3.05, 3.63) is 82.7 Å². The van der Waals surface area contributed by atoms with E-state index in [0.29, 0.717) is 34.9 Å². The topological polar surface area (TPSA) is 105 Å². The van der Waals surface area contributed by atoms with Gasteiger partial charge in [-0.3, -0.25) is 9.78 Å². The van der Waals surface area contributed by atoms with Crippen molar-refractivity contribution < 1.29 is 19.1 Å². The van der Waals surface area contributed by atoms with Gasteiger partial charge in [0.05, 0.1) is 37.4 Å². The number of fused-ring (bicyclic) bond motifs is 1. The summed E-state index contributed by atoms with van der Waals surface area (Å²) in [5.41, 5.74) is 5.02. The maximum Gasteiger partial charge on any atom is 0.337 e. The van der Waals surface area contributed by atoms with E-state index in [2.05, 4.69) is 15.6 Å². The first-order valence-corrected chi connectivity index (χ1v) is 11.5. The average Bonchev–Trinajstić information content (AvgIpc) is 3.04. The molecule has 1 aromatic heterocycles. The number of hydrogen-bond acceptors (Lipinski definition) is 6. The van der Waals surface area contributed by atoms with Crippen molar-refractivity contribution in [2.75, 3.05) is 26.6 Å². The van der Waals surface area contributed by atoms with Gasteiger partial charge in [0.25, 0.3) is 5.91 Å². The van der Waals surface area contributed by atoms with Crippen molar-refractivity contribution >= 4 is 23.3 Å². The lowest BCUT2D eigenvalue weighted by Crippen LogP contribution is -2.41. The summed E-state index contributed by atoms with van der Waals surface area (Å²) in [5, 5.41) is 11.8. The molecular weight excluding hydrogens is 458 g/mol. The second kappa shape index (κ2) is 10.5. The van der Waals surface area contributed by atoms with Crippen molar-refractivity contribution in [3.63, 3.8) is 0 Å². The monoisotopic (exact) mass is 487 g/mol.